The lowest BCUT2D eigenvalue weighted by Gasteiger charge is -2.13. The van der Waals surface area contributed by atoms with Gasteiger partial charge in [-0.2, -0.15) is 0 Å². The molecule has 0 spiro atoms. The molecule has 0 aliphatic carbocycles. The molecule has 4 N–H and O–H groups in total. The number of carbonyl (C=O) groups excluding carboxylic acids is 2. The van der Waals surface area contributed by atoms with Gasteiger partial charge in [-0.15, -0.1) is 0 Å². The summed E-state index contributed by atoms with van der Waals surface area (Å²) in [6.07, 6.45) is 0.661. The van der Waals surface area contributed by atoms with Crippen molar-refractivity contribution >= 4 is 17.8 Å². The standard InChI is InChI=1S/C15H20N2O4/c1-10-2-4-11(5-3-10)6-9-14(19)17-12(15(20)21)7-8-13(16)18/h2-5,12H,6-9H2,1H3,(H2,16,18)(H,17,19)(H,20,21). The third-order valence-electron chi connectivity index (χ3n) is 3.07. The fraction of sp³-hybridized carbons (Fsp3) is 0.400. The quantitative estimate of drug-likeness (QED) is 0.657. The average Bonchev–Trinajstić information content (AvgIpc) is 2.42. The molecule has 114 valence electrons. The Bertz CT molecular complexity index is 511. The van der Waals surface area contributed by atoms with Crippen LogP contribution in [0, 0.1) is 6.92 Å². The van der Waals surface area contributed by atoms with E-state index >= 15 is 0 Å². The molecule has 0 aliphatic rings. The highest BCUT2D eigenvalue weighted by atomic mass is 16.4. The van der Waals surface area contributed by atoms with Crippen molar-refractivity contribution in [2.75, 3.05) is 0 Å². The second-order valence-electron chi connectivity index (χ2n) is 4.95. The smallest absolute Gasteiger partial charge is 0.326 e. The number of aryl methyl sites for hydroxylation is 2. The van der Waals surface area contributed by atoms with Crippen LogP contribution in [0.15, 0.2) is 24.3 Å². The van der Waals surface area contributed by atoms with E-state index in [4.69, 9.17) is 10.8 Å². The van der Waals surface area contributed by atoms with Crippen LogP contribution in [0.5, 0.6) is 0 Å². The normalized spacial score (nSPS) is 11.7. The summed E-state index contributed by atoms with van der Waals surface area (Å²) in [6, 6.07) is 6.71. The molecule has 6 heteroatoms. The third kappa shape index (κ3) is 6.56. The second-order valence-corrected chi connectivity index (χ2v) is 4.95. The Labute approximate surface area is 123 Å². The first kappa shape index (κ1) is 16.7. The van der Waals surface area contributed by atoms with Crippen molar-refractivity contribution in [1.82, 2.24) is 5.32 Å². The second kappa shape index (κ2) is 8.04. The molecular weight excluding hydrogens is 272 g/mol. The van der Waals surface area contributed by atoms with Gasteiger partial charge in [-0.05, 0) is 25.3 Å². The first-order valence-corrected chi connectivity index (χ1v) is 6.74. The number of rotatable bonds is 8. The highest BCUT2D eigenvalue weighted by Gasteiger charge is 2.20. The molecule has 1 aromatic carbocycles. The summed E-state index contributed by atoms with van der Waals surface area (Å²) in [7, 11) is 0. The van der Waals surface area contributed by atoms with Gasteiger partial charge in [0.25, 0.3) is 0 Å². The maximum Gasteiger partial charge on any atom is 0.326 e. The molecule has 6 nitrogen and oxygen atoms in total. The van der Waals surface area contributed by atoms with E-state index in [-0.39, 0.29) is 25.2 Å². The monoisotopic (exact) mass is 292 g/mol. The van der Waals surface area contributed by atoms with E-state index in [0.29, 0.717) is 6.42 Å². The average molecular weight is 292 g/mol. The van der Waals surface area contributed by atoms with E-state index in [1.807, 2.05) is 31.2 Å². The number of hydrogen-bond acceptors (Lipinski definition) is 3. The highest BCUT2D eigenvalue weighted by Crippen LogP contribution is 2.06. The van der Waals surface area contributed by atoms with Crippen LogP contribution < -0.4 is 11.1 Å². The zero-order valence-corrected chi connectivity index (χ0v) is 12.0. The van der Waals surface area contributed by atoms with Crippen LogP contribution in [-0.4, -0.2) is 28.9 Å². The Hall–Kier alpha value is -2.37. The van der Waals surface area contributed by atoms with Gasteiger partial charge in [-0.3, -0.25) is 9.59 Å². The number of benzene rings is 1. The molecule has 1 unspecified atom stereocenters. The number of carbonyl (C=O) groups is 3. The molecule has 0 saturated heterocycles. The van der Waals surface area contributed by atoms with Gasteiger partial charge < -0.3 is 16.2 Å². The molecule has 0 aliphatic heterocycles. The van der Waals surface area contributed by atoms with Crippen LogP contribution in [0.1, 0.15) is 30.4 Å². The molecule has 0 aromatic heterocycles. The van der Waals surface area contributed by atoms with Crippen molar-refractivity contribution in [2.45, 2.75) is 38.6 Å². The van der Waals surface area contributed by atoms with Crippen molar-refractivity contribution in [3.8, 4) is 0 Å². The molecule has 0 heterocycles. The Morgan fingerprint density at radius 1 is 1.19 bits per heavy atom. The number of nitrogens with two attached hydrogens (primary N) is 1. The van der Waals surface area contributed by atoms with Crippen LogP contribution >= 0.6 is 0 Å². The number of carboxylic acids is 1. The van der Waals surface area contributed by atoms with Gasteiger partial charge in [0.05, 0.1) is 0 Å². The van der Waals surface area contributed by atoms with Crippen LogP contribution in [0.4, 0.5) is 0 Å². The van der Waals surface area contributed by atoms with Gasteiger partial charge in [0, 0.05) is 12.8 Å². The highest BCUT2D eigenvalue weighted by molar-refractivity contribution is 5.84. The number of primary amides is 1. The molecule has 0 radical (unpaired) electrons. The Morgan fingerprint density at radius 3 is 2.33 bits per heavy atom. The van der Waals surface area contributed by atoms with Gasteiger partial charge >= 0.3 is 5.97 Å². The van der Waals surface area contributed by atoms with Crippen LogP contribution in [-0.2, 0) is 20.8 Å². The number of aliphatic carboxylic acids is 1. The van der Waals surface area contributed by atoms with Gasteiger partial charge in [0.2, 0.25) is 11.8 Å². The molecule has 2 amide bonds. The van der Waals surface area contributed by atoms with Gasteiger partial charge in [0.1, 0.15) is 6.04 Å². The van der Waals surface area contributed by atoms with E-state index in [0.717, 1.165) is 11.1 Å². The minimum Gasteiger partial charge on any atom is -0.480 e. The summed E-state index contributed by atoms with van der Waals surface area (Å²) in [5.74, 6) is -2.11. The van der Waals surface area contributed by atoms with Crippen molar-refractivity contribution in [3.05, 3.63) is 35.4 Å². The molecule has 0 fully saturated rings. The predicted molar refractivity (Wildman–Crippen MR) is 77.5 cm³/mol. The van der Waals surface area contributed by atoms with Crippen molar-refractivity contribution in [3.63, 3.8) is 0 Å². The summed E-state index contributed by atoms with van der Waals surface area (Å²) in [5.41, 5.74) is 7.13. The molecule has 1 atom stereocenters. The fourth-order valence-corrected chi connectivity index (χ4v) is 1.82. The number of carboxylic acid groups (broad SMARTS) is 1. The summed E-state index contributed by atoms with van der Waals surface area (Å²) >= 11 is 0. The lowest BCUT2D eigenvalue weighted by molar-refractivity contribution is -0.142. The van der Waals surface area contributed by atoms with Crippen molar-refractivity contribution < 1.29 is 19.5 Å². The molecule has 1 aromatic rings. The van der Waals surface area contributed by atoms with E-state index in [9.17, 15) is 14.4 Å². The zero-order chi connectivity index (χ0) is 15.8. The van der Waals surface area contributed by atoms with Gasteiger partial charge in [-0.1, -0.05) is 29.8 Å². The first-order chi connectivity index (χ1) is 9.88. The Balaban J connectivity index is 2.44. The lowest BCUT2D eigenvalue weighted by Crippen LogP contribution is -2.41. The van der Waals surface area contributed by atoms with E-state index in [1.54, 1.807) is 0 Å². The van der Waals surface area contributed by atoms with Crippen molar-refractivity contribution in [1.29, 1.82) is 0 Å². The topological polar surface area (TPSA) is 109 Å². The number of hydrogen-bond donors (Lipinski definition) is 3. The van der Waals surface area contributed by atoms with Crippen molar-refractivity contribution in [2.24, 2.45) is 5.73 Å². The maximum atomic E-state index is 11.8. The van der Waals surface area contributed by atoms with Crippen LogP contribution in [0.25, 0.3) is 0 Å². The Morgan fingerprint density at radius 2 is 1.81 bits per heavy atom. The molecule has 21 heavy (non-hydrogen) atoms. The summed E-state index contributed by atoms with van der Waals surface area (Å²) in [5, 5.41) is 11.4. The van der Waals surface area contributed by atoms with E-state index < -0.39 is 17.9 Å². The molecule has 0 bridgehead atoms. The number of nitrogens with one attached hydrogen (secondary N) is 1. The van der Waals surface area contributed by atoms with E-state index in [2.05, 4.69) is 5.32 Å². The molecule has 0 saturated carbocycles. The molecule has 1 rings (SSSR count). The fourth-order valence-electron chi connectivity index (χ4n) is 1.82. The molecular formula is C15H20N2O4. The van der Waals surface area contributed by atoms with Crippen LogP contribution in [0.2, 0.25) is 0 Å². The van der Waals surface area contributed by atoms with Crippen LogP contribution in [0.3, 0.4) is 0 Å². The van der Waals surface area contributed by atoms with E-state index in [1.165, 1.54) is 0 Å². The maximum absolute atomic E-state index is 11.8. The number of amides is 2. The zero-order valence-electron chi connectivity index (χ0n) is 12.0. The minimum atomic E-state index is -1.17. The Kier molecular flexibility index (Phi) is 6.39. The largest absolute Gasteiger partial charge is 0.480 e. The SMILES string of the molecule is Cc1ccc(CCC(=O)NC(CCC(N)=O)C(=O)O)cc1. The van der Waals surface area contributed by atoms with Gasteiger partial charge in [-0.25, -0.2) is 4.79 Å². The summed E-state index contributed by atoms with van der Waals surface area (Å²) in [6.45, 7) is 1.98. The minimum absolute atomic E-state index is 0.000931. The lowest BCUT2D eigenvalue weighted by atomic mass is 10.1. The predicted octanol–water partition coefficient (Wildman–Crippen LogP) is 0.763. The van der Waals surface area contributed by atoms with Gasteiger partial charge in [0.15, 0.2) is 0 Å². The summed E-state index contributed by atoms with van der Waals surface area (Å²) in [4.78, 5) is 33.4. The first-order valence-electron chi connectivity index (χ1n) is 6.74. The third-order valence-corrected chi connectivity index (χ3v) is 3.07. The summed E-state index contributed by atoms with van der Waals surface area (Å²) < 4.78 is 0.